The fourth-order valence-electron chi connectivity index (χ4n) is 1.98. The Bertz CT molecular complexity index is 485. The van der Waals surface area contributed by atoms with Gasteiger partial charge in [-0.15, -0.1) is 0 Å². The first-order chi connectivity index (χ1) is 7.72. The molecule has 0 aliphatic heterocycles. The van der Waals surface area contributed by atoms with Crippen molar-refractivity contribution in [1.29, 1.82) is 0 Å². The Morgan fingerprint density at radius 2 is 1.82 bits per heavy atom. The van der Waals surface area contributed by atoms with E-state index in [1.165, 1.54) is 6.26 Å². The normalized spacial score (nSPS) is 13.9. The first kappa shape index (κ1) is 14.3. The van der Waals surface area contributed by atoms with Gasteiger partial charge in [-0.05, 0) is 39.2 Å². The highest BCUT2D eigenvalue weighted by molar-refractivity contribution is 7.90. The highest BCUT2D eigenvalue weighted by Gasteiger charge is 2.19. The Morgan fingerprint density at radius 3 is 2.24 bits per heavy atom. The van der Waals surface area contributed by atoms with Gasteiger partial charge in [-0.2, -0.15) is 0 Å². The molecular weight excluding hydrogens is 240 g/mol. The Hall–Kier alpha value is -0.810. The quantitative estimate of drug-likeness (QED) is 0.880. The van der Waals surface area contributed by atoms with Crippen LogP contribution in [0.1, 0.15) is 41.6 Å². The number of hydrogen-bond donors (Lipinski definition) is 1. The van der Waals surface area contributed by atoms with Crippen LogP contribution in [0.3, 0.4) is 0 Å². The van der Waals surface area contributed by atoms with Crippen LogP contribution in [-0.4, -0.2) is 25.5 Å². The molecule has 0 aliphatic rings. The van der Waals surface area contributed by atoms with E-state index in [0.717, 1.165) is 16.9 Å². The average molecular weight is 260 g/mol. The van der Waals surface area contributed by atoms with Crippen LogP contribution in [-0.2, 0) is 9.84 Å². The monoisotopic (exact) mass is 260 g/mol. The van der Waals surface area contributed by atoms with Gasteiger partial charge in [-0.1, -0.05) is 0 Å². The van der Waals surface area contributed by atoms with E-state index in [9.17, 15) is 13.5 Å². The molecule has 1 rings (SSSR count). The minimum absolute atomic E-state index is 0.110. The molecule has 1 heterocycles. The average Bonchev–Trinajstić information content (AvgIpc) is 2.38. The summed E-state index contributed by atoms with van der Waals surface area (Å²) in [4.78, 5) is 0. The van der Waals surface area contributed by atoms with Gasteiger partial charge in [0, 0.05) is 17.6 Å². The lowest BCUT2D eigenvalue weighted by molar-refractivity contribution is 0.164. The summed E-state index contributed by atoms with van der Waals surface area (Å²) in [6.45, 7) is 5.57. The van der Waals surface area contributed by atoms with E-state index in [1.807, 2.05) is 20.8 Å². The first-order valence-corrected chi connectivity index (χ1v) is 7.70. The van der Waals surface area contributed by atoms with Gasteiger partial charge in [-0.3, -0.25) is 0 Å². The predicted octanol–water partition coefficient (Wildman–Crippen LogP) is 2.06. The third kappa shape index (κ3) is 3.85. The van der Waals surface area contributed by atoms with Crippen molar-refractivity contribution in [2.24, 2.45) is 0 Å². The van der Waals surface area contributed by atoms with Crippen molar-refractivity contribution in [3.05, 3.63) is 22.6 Å². The maximum Gasteiger partial charge on any atom is 0.147 e. The van der Waals surface area contributed by atoms with Crippen LogP contribution in [0.25, 0.3) is 0 Å². The lowest BCUT2D eigenvalue weighted by atomic mass is 10.0. The van der Waals surface area contributed by atoms with Gasteiger partial charge < -0.3 is 9.52 Å². The summed E-state index contributed by atoms with van der Waals surface area (Å²) in [6, 6.07) is 0. The summed E-state index contributed by atoms with van der Waals surface area (Å²) in [5.74, 6) is 1.63. The SMILES string of the molecule is Cc1oc(C)c(C(O)CCCS(C)(=O)=O)c1C. The number of rotatable bonds is 5. The van der Waals surface area contributed by atoms with Crippen LogP contribution in [0.4, 0.5) is 0 Å². The lowest BCUT2D eigenvalue weighted by Crippen LogP contribution is -2.06. The van der Waals surface area contributed by atoms with Gasteiger partial charge in [0.15, 0.2) is 0 Å². The van der Waals surface area contributed by atoms with E-state index >= 15 is 0 Å². The molecule has 1 unspecified atom stereocenters. The van der Waals surface area contributed by atoms with Crippen LogP contribution in [0, 0.1) is 20.8 Å². The molecule has 0 aromatic carbocycles. The van der Waals surface area contributed by atoms with Crippen LogP contribution in [0.2, 0.25) is 0 Å². The van der Waals surface area contributed by atoms with Gasteiger partial charge in [0.25, 0.3) is 0 Å². The number of aryl methyl sites for hydroxylation is 2. The third-order valence-corrected chi connectivity index (χ3v) is 3.97. The van der Waals surface area contributed by atoms with Gasteiger partial charge >= 0.3 is 0 Å². The molecule has 1 aromatic heterocycles. The zero-order valence-electron chi connectivity index (χ0n) is 10.8. The molecule has 0 spiro atoms. The van der Waals surface area contributed by atoms with Crippen molar-refractivity contribution in [2.45, 2.75) is 39.7 Å². The smallest absolute Gasteiger partial charge is 0.147 e. The highest BCUT2D eigenvalue weighted by Crippen LogP contribution is 2.29. The number of sulfone groups is 1. The number of aliphatic hydroxyl groups excluding tert-OH is 1. The molecule has 4 nitrogen and oxygen atoms in total. The zero-order chi connectivity index (χ0) is 13.2. The molecule has 98 valence electrons. The van der Waals surface area contributed by atoms with E-state index in [2.05, 4.69) is 0 Å². The topological polar surface area (TPSA) is 67.5 Å². The van der Waals surface area contributed by atoms with Crippen molar-refractivity contribution >= 4 is 9.84 Å². The number of furan rings is 1. The van der Waals surface area contributed by atoms with E-state index in [1.54, 1.807) is 0 Å². The fraction of sp³-hybridized carbons (Fsp3) is 0.667. The van der Waals surface area contributed by atoms with Gasteiger partial charge in [0.05, 0.1) is 6.10 Å². The minimum atomic E-state index is -2.95. The Kier molecular flexibility index (Phi) is 4.38. The summed E-state index contributed by atoms with van der Waals surface area (Å²) >= 11 is 0. The van der Waals surface area contributed by atoms with Crippen molar-refractivity contribution in [3.8, 4) is 0 Å². The lowest BCUT2D eigenvalue weighted by Gasteiger charge is -2.10. The van der Waals surface area contributed by atoms with Gasteiger partial charge in [-0.25, -0.2) is 8.42 Å². The second kappa shape index (κ2) is 5.23. The molecular formula is C12H20O4S. The fourth-order valence-corrected chi connectivity index (χ4v) is 2.67. The van der Waals surface area contributed by atoms with Crippen molar-refractivity contribution in [3.63, 3.8) is 0 Å². The Morgan fingerprint density at radius 1 is 1.24 bits per heavy atom. The second-order valence-corrected chi connectivity index (χ2v) is 6.80. The number of hydrogen-bond acceptors (Lipinski definition) is 4. The van der Waals surface area contributed by atoms with E-state index in [-0.39, 0.29) is 5.75 Å². The van der Waals surface area contributed by atoms with Crippen molar-refractivity contribution < 1.29 is 17.9 Å². The highest BCUT2D eigenvalue weighted by atomic mass is 32.2. The molecule has 17 heavy (non-hydrogen) atoms. The van der Waals surface area contributed by atoms with E-state index in [0.29, 0.717) is 18.6 Å². The first-order valence-electron chi connectivity index (χ1n) is 5.64. The Labute approximate surface area is 103 Å². The van der Waals surface area contributed by atoms with Crippen molar-refractivity contribution in [1.82, 2.24) is 0 Å². The maximum atomic E-state index is 11.0. The number of aliphatic hydroxyl groups is 1. The van der Waals surface area contributed by atoms with E-state index < -0.39 is 15.9 Å². The van der Waals surface area contributed by atoms with Crippen LogP contribution < -0.4 is 0 Å². The van der Waals surface area contributed by atoms with E-state index in [4.69, 9.17) is 4.42 Å². The molecule has 0 bridgehead atoms. The van der Waals surface area contributed by atoms with Crippen LogP contribution >= 0.6 is 0 Å². The predicted molar refractivity (Wildman–Crippen MR) is 66.8 cm³/mol. The summed E-state index contributed by atoms with van der Waals surface area (Å²) in [6.07, 6.45) is 1.46. The maximum absolute atomic E-state index is 11.0. The van der Waals surface area contributed by atoms with Gasteiger partial charge in [0.2, 0.25) is 0 Å². The molecule has 0 fully saturated rings. The minimum Gasteiger partial charge on any atom is -0.466 e. The van der Waals surface area contributed by atoms with Crippen LogP contribution in [0.5, 0.6) is 0 Å². The molecule has 0 amide bonds. The molecule has 0 radical (unpaired) electrons. The molecule has 1 N–H and O–H groups in total. The standard InChI is InChI=1S/C12H20O4S/c1-8-9(2)16-10(3)12(8)11(13)6-5-7-17(4,14)15/h11,13H,5-7H2,1-4H3. The molecule has 1 aromatic rings. The zero-order valence-corrected chi connectivity index (χ0v) is 11.6. The van der Waals surface area contributed by atoms with Gasteiger partial charge in [0.1, 0.15) is 21.4 Å². The molecule has 5 heteroatoms. The summed E-state index contributed by atoms with van der Waals surface area (Å²) in [5, 5.41) is 10.0. The largest absolute Gasteiger partial charge is 0.466 e. The van der Waals surface area contributed by atoms with Crippen LogP contribution in [0.15, 0.2) is 4.42 Å². The molecule has 0 aliphatic carbocycles. The summed E-state index contributed by atoms with van der Waals surface area (Å²) in [7, 11) is -2.95. The summed E-state index contributed by atoms with van der Waals surface area (Å²) < 4.78 is 27.4. The third-order valence-electron chi connectivity index (χ3n) is 2.94. The summed E-state index contributed by atoms with van der Waals surface area (Å²) in [5.41, 5.74) is 1.75. The molecule has 1 atom stereocenters. The van der Waals surface area contributed by atoms with Crippen molar-refractivity contribution in [2.75, 3.05) is 12.0 Å². The molecule has 0 saturated heterocycles. The second-order valence-electron chi connectivity index (χ2n) is 4.54. The molecule has 0 saturated carbocycles. The Balaban J connectivity index is 2.67.